The van der Waals surface area contributed by atoms with Gasteiger partial charge in [-0.05, 0) is 35.9 Å². The maximum Gasteiger partial charge on any atom is 0.340 e. The largest absolute Gasteiger partial charge is 0.497 e. The highest BCUT2D eigenvalue weighted by atomic mass is 35.5. The second-order valence-corrected chi connectivity index (χ2v) is 7.48. The molecule has 2 N–H and O–H groups in total. The Morgan fingerprint density at radius 1 is 0.909 bits per heavy atom. The Kier molecular flexibility index (Phi) is 8.05. The molecule has 0 bridgehead atoms. The summed E-state index contributed by atoms with van der Waals surface area (Å²) in [6.07, 6.45) is -0.0765. The molecule has 0 fully saturated rings. The van der Waals surface area contributed by atoms with E-state index in [0.29, 0.717) is 16.3 Å². The minimum atomic E-state index is -0.630. The van der Waals surface area contributed by atoms with Crippen molar-refractivity contribution in [2.24, 2.45) is 0 Å². The first-order chi connectivity index (χ1) is 15.9. The van der Waals surface area contributed by atoms with Gasteiger partial charge >= 0.3 is 5.97 Å². The van der Waals surface area contributed by atoms with E-state index in [1.807, 2.05) is 30.3 Å². The molecule has 0 aliphatic heterocycles. The molecule has 3 rings (SSSR count). The maximum absolute atomic E-state index is 12.9. The third-order valence-electron chi connectivity index (χ3n) is 4.92. The van der Waals surface area contributed by atoms with Crippen LogP contribution < -0.4 is 15.4 Å². The number of hydrogen-bond donors (Lipinski definition) is 2. The quantitative estimate of drug-likeness (QED) is 0.472. The van der Waals surface area contributed by atoms with Crippen molar-refractivity contribution < 1.29 is 23.9 Å². The third-order valence-corrected chi connectivity index (χ3v) is 5.25. The standard InChI is InChI=1S/C25H23ClN2O5/c1-32-17-12-13-21(19(14-17)25(31)33-2)27-23(29)15-22(16-8-4-3-5-9-16)28-24(30)18-10-6-7-11-20(18)26/h3-14,22H,15H2,1-2H3,(H,27,29)(H,28,30). The molecule has 0 aromatic heterocycles. The van der Waals surface area contributed by atoms with Crippen LogP contribution in [0.1, 0.15) is 38.7 Å². The fourth-order valence-corrected chi connectivity index (χ4v) is 3.47. The van der Waals surface area contributed by atoms with Gasteiger partial charge in [0.05, 0.1) is 48.5 Å². The Bertz CT molecular complexity index is 1150. The summed E-state index contributed by atoms with van der Waals surface area (Å²) in [7, 11) is 2.73. The summed E-state index contributed by atoms with van der Waals surface area (Å²) in [5.41, 5.74) is 1.48. The smallest absolute Gasteiger partial charge is 0.340 e. The van der Waals surface area contributed by atoms with Gasteiger partial charge in [0.1, 0.15) is 5.75 Å². The lowest BCUT2D eigenvalue weighted by atomic mass is 10.0. The molecular formula is C25H23ClN2O5. The van der Waals surface area contributed by atoms with E-state index in [1.54, 1.807) is 36.4 Å². The van der Waals surface area contributed by atoms with Crippen LogP contribution in [-0.4, -0.2) is 32.0 Å². The van der Waals surface area contributed by atoms with Crippen molar-refractivity contribution in [3.05, 3.63) is 94.5 Å². The Labute approximate surface area is 196 Å². The molecule has 3 aromatic rings. The number of anilines is 1. The zero-order chi connectivity index (χ0) is 23.8. The topological polar surface area (TPSA) is 93.7 Å². The van der Waals surface area contributed by atoms with Gasteiger partial charge in [0.15, 0.2) is 0 Å². The average Bonchev–Trinajstić information content (AvgIpc) is 2.84. The minimum absolute atomic E-state index is 0.0765. The highest BCUT2D eigenvalue weighted by Crippen LogP contribution is 2.25. The third kappa shape index (κ3) is 6.11. The van der Waals surface area contributed by atoms with Crippen LogP contribution >= 0.6 is 11.6 Å². The van der Waals surface area contributed by atoms with Crippen molar-refractivity contribution in [2.45, 2.75) is 12.5 Å². The zero-order valence-corrected chi connectivity index (χ0v) is 18.9. The Morgan fingerprint density at radius 3 is 2.27 bits per heavy atom. The van der Waals surface area contributed by atoms with E-state index in [2.05, 4.69) is 10.6 Å². The lowest BCUT2D eigenvalue weighted by molar-refractivity contribution is -0.116. The number of halogens is 1. The van der Waals surface area contributed by atoms with Gasteiger partial charge < -0.3 is 20.1 Å². The number of esters is 1. The Hall–Kier alpha value is -3.84. The van der Waals surface area contributed by atoms with Crippen molar-refractivity contribution in [1.82, 2.24) is 5.32 Å². The molecule has 7 nitrogen and oxygen atoms in total. The second-order valence-electron chi connectivity index (χ2n) is 7.07. The van der Waals surface area contributed by atoms with Crippen LogP contribution in [-0.2, 0) is 9.53 Å². The van der Waals surface area contributed by atoms with Crippen molar-refractivity contribution in [2.75, 3.05) is 19.5 Å². The first-order valence-corrected chi connectivity index (χ1v) is 10.5. The molecule has 170 valence electrons. The van der Waals surface area contributed by atoms with Gasteiger partial charge in [0.2, 0.25) is 5.91 Å². The van der Waals surface area contributed by atoms with Crippen LogP contribution in [0.3, 0.4) is 0 Å². The lowest BCUT2D eigenvalue weighted by Gasteiger charge is -2.20. The fraction of sp³-hybridized carbons (Fsp3) is 0.160. The minimum Gasteiger partial charge on any atom is -0.497 e. The molecule has 0 radical (unpaired) electrons. The Balaban J connectivity index is 1.82. The van der Waals surface area contributed by atoms with Crippen molar-refractivity contribution in [1.29, 1.82) is 0 Å². The number of nitrogens with one attached hydrogen (secondary N) is 2. The summed E-state index contributed by atoms with van der Waals surface area (Å²) in [5.74, 6) is -0.973. The maximum atomic E-state index is 12.9. The van der Waals surface area contributed by atoms with E-state index in [-0.39, 0.29) is 17.7 Å². The highest BCUT2D eigenvalue weighted by molar-refractivity contribution is 6.33. The molecule has 0 saturated heterocycles. The van der Waals surface area contributed by atoms with E-state index in [4.69, 9.17) is 21.1 Å². The lowest BCUT2D eigenvalue weighted by Crippen LogP contribution is -2.32. The number of carbonyl (C=O) groups excluding carboxylic acids is 3. The van der Waals surface area contributed by atoms with Gasteiger partial charge in [-0.2, -0.15) is 0 Å². The number of ether oxygens (including phenoxy) is 2. The van der Waals surface area contributed by atoms with E-state index in [9.17, 15) is 14.4 Å². The van der Waals surface area contributed by atoms with Crippen LogP contribution in [0.25, 0.3) is 0 Å². The van der Waals surface area contributed by atoms with Crippen LogP contribution in [0, 0.1) is 0 Å². The van der Waals surface area contributed by atoms with Crippen molar-refractivity contribution in [3.63, 3.8) is 0 Å². The van der Waals surface area contributed by atoms with Gasteiger partial charge in [0, 0.05) is 0 Å². The van der Waals surface area contributed by atoms with Crippen LogP contribution in [0.4, 0.5) is 5.69 Å². The molecule has 33 heavy (non-hydrogen) atoms. The highest BCUT2D eigenvalue weighted by Gasteiger charge is 2.22. The van der Waals surface area contributed by atoms with E-state index in [1.165, 1.54) is 20.3 Å². The molecule has 3 aromatic carbocycles. The summed E-state index contributed by atoms with van der Waals surface area (Å²) < 4.78 is 9.95. The molecule has 0 saturated carbocycles. The molecule has 1 unspecified atom stereocenters. The van der Waals surface area contributed by atoms with Crippen LogP contribution in [0.15, 0.2) is 72.8 Å². The zero-order valence-electron chi connectivity index (χ0n) is 18.1. The van der Waals surface area contributed by atoms with E-state index < -0.39 is 23.8 Å². The molecule has 0 heterocycles. The number of carbonyl (C=O) groups is 3. The van der Waals surface area contributed by atoms with Gasteiger partial charge in [-0.25, -0.2) is 4.79 Å². The molecule has 0 aliphatic rings. The monoisotopic (exact) mass is 466 g/mol. The molecule has 8 heteroatoms. The van der Waals surface area contributed by atoms with Gasteiger partial charge in [0.25, 0.3) is 5.91 Å². The summed E-state index contributed by atoms with van der Waals surface area (Å²) in [4.78, 5) is 37.9. The van der Waals surface area contributed by atoms with Gasteiger partial charge in [-0.1, -0.05) is 54.1 Å². The van der Waals surface area contributed by atoms with Crippen LogP contribution in [0.5, 0.6) is 5.75 Å². The van der Waals surface area contributed by atoms with Gasteiger partial charge in [-0.15, -0.1) is 0 Å². The molecule has 0 aliphatic carbocycles. The summed E-state index contributed by atoms with van der Waals surface area (Å²) in [6.45, 7) is 0. The predicted molar refractivity (Wildman–Crippen MR) is 126 cm³/mol. The number of methoxy groups -OCH3 is 2. The first-order valence-electron chi connectivity index (χ1n) is 10.1. The molecule has 1 atom stereocenters. The van der Waals surface area contributed by atoms with E-state index in [0.717, 1.165) is 5.56 Å². The van der Waals surface area contributed by atoms with Crippen molar-refractivity contribution >= 4 is 35.1 Å². The van der Waals surface area contributed by atoms with Crippen LogP contribution in [0.2, 0.25) is 5.02 Å². The number of rotatable bonds is 8. The average molecular weight is 467 g/mol. The summed E-state index contributed by atoms with van der Waals surface area (Å²) in [5, 5.41) is 5.92. The fourth-order valence-electron chi connectivity index (χ4n) is 3.24. The van der Waals surface area contributed by atoms with Crippen molar-refractivity contribution in [3.8, 4) is 5.75 Å². The first kappa shape index (κ1) is 23.8. The summed E-state index contributed by atoms with van der Waals surface area (Å²) >= 11 is 6.15. The number of hydrogen-bond acceptors (Lipinski definition) is 5. The summed E-state index contributed by atoms with van der Waals surface area (Å²) in [6, 6.07) is 19.8. The van der Waals surface area contributed by atoms with Gasteiger partial charge in [-0.3, -0.25) is 9.59 Å². The predicted octanol–water partition coefficient (Wildman–Crippen LogP) is 4.64. The van der Waals surface area contributed by atoms with E-state index >= 15 is 0 Å². The molecular weight excluding hydrogens is 444 g/mol. The number of benzene rings is 3. The Morgan fingerprint density at radius 2 is 1.61 bits per heavy atom. The SMILES string of the molecule is COC(=O)c1cc(OC)ccc1NC(=O)CC(NC(=O)c1ccccc1Cl)c1ccccc1. The normalized spacial score (nSPS) is 11.2. The molecule has 2 amide bonds. The second kappa shape index (κ2) is 11.2. The molecule has 0 spiro atoms. The number of amides is 2.